The van der Waals surface area contributed by atoms with E-state index < -0.39 is 0 Å². The van der Waals surface area contributed by atoms with Gasteiger partial charge in [0.15, 0.2) is 0 Å². The Morgan fingerprint density at radius 1 is 1.22 bits per heavy atom. The van der Waals surface area contributed by atoms with Crippen molar-refractivity contribution in [1.29, 1.82) is 0 Å². The third-order valence-corrected chi connectivity index (χ3v) is 5.77. The summed E-state index contributed by atoms with van der Waals surface area (Å²) < 4.78 is 13.3. The largest absolute Gasteiger partial charge is 0.336 e. The van der Waals surface area contributed by atoms with Crippen LogP contribution in [-0.4, -0.2) is 40.9 Å². The molecule has 0 radical (unpaired) electrons. The molecule has 3 aliphatic rings. The fourth-order valence-electron chi connectivity index (χ4n) is 4.23. The molecule has 1 aromatic carbocycles. The first-order valence-corrected chi connectivity index (χ1v) is 8.97. The third kappa shape index (κ3) is 3.11. The summed E-state index contributed by atoms with van der Waals surface area (Å²) in [4.78, 5) is 16.9. The molecule has 0 unspecified atom stereocenters. The number of carbonyl (C=O) groups excluding carboxylic acids is 1. The molecular formula is C18H22ClFN2O. The predicted octanol–water partition coefficient (Wildman–Crippen LogP) is 3.45. The fourth-order valence-corrected chi connectivity index (χ4v) is 4.44. The molecule has 2 heterocycles. The maximum Gasteiger partial charge on any atom is 0.223 e. The van der Waals surface area contributed by atoms with E-state index in [1.54, 1.807) is 6.07 Å². The summed E-state index contributed by atoms with van der Waals surface area (Å²) in [5.74, 6) is 0.588. The van der Waals surface area contributed by atoms with Crippen molar-refractivity contribution < 1.29 is 9.18 Å². The molecule has 5 heteroatoms. The zero-order valence-corrected chi connectivity index (χ0v) is 13.9. The number of nitrogens with zero attached hydrogens (tertiary/aromatic N) is 2. The van der Waals surface area contributed by atoms with Gasteiger partial charge in [-0.3, -0.25) is 9.69 Å². The van der Waals surface area contributed by atoms with Crippen LogP contribution in [0.25, 0.3) is 0 Å². The van der Waals surface area contributed by atoms with Crippen molar-refractivity contribution in [3.05, 3.63) is 34.6 Å². The van der Waals surface area contributed by atoms with Crippen molar-refractivity contribution in [1.82, 2.24) is 9.80 Å². The van der Waals surface area contributed by atoms with Crippen LogP contribution in [0.5, 0.6) is 0 Å². The average molecular weight is 337 g/mol. The number of benzene rings is 1. The van der Waals surface area contributed by atoms with Gasteiger partial charge in [-0.15, -0.1) is 0 Å². The molecule has 3 nitrogen and oxygen atoms in total. The van der Waals surface area contributed by atoms with Crippen LogP contribution in [-0.2, 0) is 11.3 Å². The summed E-state index contributed by atoms with van der Waals surface area (Å²) in [7, 11) is 0. The van der Waals surface area contributed by atoms with Gasteiger partial charge < -0.3 is 4.90 Å². The van der Waals surface area contributed by atoms with Crippen molar-refractivity contribution >= 4 is 17.5 Å². The normalized spacial score (nSPS) is 28.8. The molecule has 2 saturated heterocycles. The molecule has 0 bridgehead atoms. The van der Waals surface area contributed by atoms with Gasteiger partial charge in [-0.25, -0.2) is 4.39 Å². The lowest BCUT2D eigenvalue weighted by Crippen LogP contribution is -2.56. The lowest BCUT2D eigenvalue weighted by atomic mass is 9.83. The molecule has 2 atom stereocenters. The summed E-state index contributed by atoms with van der Waals surface area (Å²) >= 11 is 5.88. The summed E-state index contributed by atoms with van der Waals surface area (Å²) in [6.07, 6.45) is 5.14. The summed E-state index contributed by atoms with van der Waals surface area (Å²) in [5.41, 5.74) is 1.06. The SMILES string of the molecule is O=C1CC[C@@H]2CN(Cc3ccc(F)c(Cl)c3)CC[C@@H]2N1C1CC1. The zero-order valence-electron chi connectivity index (χ0n) is 13.2. The monoisotopic (exact) mass is 336 g/mol. The number of hydrogen-bond donors (Lipinski definition) is 0. The molecule has 4 rings (SSSR count). The van der Waals surface area contributed by atoms with Crippen LogP contribution in [0.3, 0.4) is 0 Å². The van der Waals surface area contributed by atoms with Gasteiger partial charge in [-0.05, 0) is 49.3 Å². The molecule has 3 fully saturated rings. The highest BCUT2D eigenvalue weighted by molar-refractivity contribution is 6.30. The van der Waals surface area contributed by atoms with Crippen LogP contribution < -0.4 is 0 Å². The maximum absolute atomic E-state index is 13.3. The Morgan fingerprint density at radius 2 is 2.04 bits per heavy atom. The standard InChI is InChI=1S/C18H22ClFN2O/c19-15-9-12(1-5-16(15)20)10-21-8-7-17-13(11-21)2-6-18(23)22(17)14-3-4-14/h1,5,9,13-14,17H,2-4,6-8,10-11H2/t13-,17+/m1/s1. The van der Waals surface area contributed by atoms with Crippen LogP contribution in [0.4, 0.5) is 4.39 Å². The van der Waals surface area contributed by atoms with Crippen molar-refractivity contribution in [2.75, 3.05) is 13.1 Å². The number of amides is 1. The van der Waals surface area contributed by atoms with Gasteiger partial charge in [0.05, 0.1) is 5.02 Å². The number of likely N-dealkylation sites (tertiary alicyclic amines) is 2. The predicted molar refractivity (Wildman–Crippen MR) is 87.7 cm³/mol. The highest BCUT2D eigenvalue weighted by Gasteiger charge is 2.45. The second-order valence-corrected chi connectivity index (χ2v) is 7.58. The maximum atomic E-state index is 13.3. The van der Waals surface area contributed by atoms with E-state index in [2.05, 4.69) is 9.80 Å². The Morgan fingerprint density at radius 3 is 2.78 bits per heavy atom. The number of piperidine rings is 2. The minimum Gasteiger partial charge on any atom is -0.336 e. The highest BCUT2D eigenvalue weighted by Crippen LogP contribution is 2.39. The fraction of sp³-hybridized carbons (Fsp3) is 0.611. The van der Waals surface area contributed by atoms with Crippen molar-refractivity contribution in [2.45, 2.75) is 50.7 Å². The molecule has 1 aliphatic carbocycles. The van der Waals surface area contributed by atoms with E-state index in [-0.39, 0.29) is 10.8 Å². The number of hydrogen-bond acceptors (Lipinski definition) is 2. The average Bonchev–Trinajstić information content (AvgIpc) is 3.36. The molecule has 2 aliphatic heterocycles. The summed E-state index contributed by atoms with van der Waals surface area (Å²) in [5, 5.41) is 0.195. The smallest absolute Gasteiger partial charge is 0.223 e. The molecular weight excluding hydrogens is 315 g/mol. The zero-order chi connectivity index (χ0) is 16.0. The molecule has 1 amide bonds. The first-order chi connectivity index (χ1) is 11.1. The van der Waals surface area contributed by atoms with E-state index in [1.165, 1.54) is 18.9 Å². The highest BCUT2D eigenvalue weighted by atomic mass is 35.5. The summed E-state index contributed by atoms with van der Waals surface area (Å²) in [6.45, 7) is 2.82. The Balaban J connectivity index is 1.42. The van der Waals surface area contributed by atoms with Crippen LogP contribution >= 0.6 is 11.6 Å². The Kier molecular flexibility index (Phi) is 4.06. The van der Waals surface area contributed by atoms with Gasteiger partial charge >= 0.3 is 0 Å². The van der Waals surface area contributed by atoms with Gasteiger partial charge in [0.25, 0.3) is 0 Å². The van der Waals surface area contributed by atoms with E-state index in [0.717, 1.165) is 38.0 Å². The number of halogens is 2. The second kappa shape index (κ2) is 6.06. The molecule has 0 aromatic heterocycles. The molecule has 0 N–H and O–H groups in total. The number of fused-ring (bicyclic) bond motifs is 1. The Labute approximate surface area is 141 Å². The minimum atomic E-state index is -0.361. The number of rotatable bonds is 3. The number of carbonyl (C=O) groups is 1. The molecule has 0 spiro atoms. The Bertz CT molecular complexity index is 619. The van der Waals surface area contributed by atoms with Crippen molar-refractivity contribution in [2.24, 2.45) is 5.92 Å². The van der Waals surface area contributed by atoms with E-state index in [4.69, 9.17) is 11.6 Å². The molecule has 124 valence electrons. The Hall–Kier alpha value is -1.13. The topological polar surface area (TPSA) is 23.6 Å². The van der Waals surface area contributed by atoms with E-state index >= 15 is 0 Å². The second-order valence-electron chi connectivity index (χ2n) is 7.17. The summed E-state index contributed by atoms with van der Waals surface area (Å²) in [6, 6.07) is 5.95. The van der Waals surface area contributed by atoms with E-state index in [0.29, 0.717) is 30.3 Å². The lowest BCUT2D eigenvalue weighted by molar-refractivity contribution is -0.142. The van der Waals surface area contributed by atoms with Crippen molar-refractivity contribution in [3.63, 3.8) is 0 Å². The van der Waals surface area contributed by atoms with Crippen LogP contribution in [0.15, 0.2) is 18.2 Å². The quantitative estimate of drug-likeness (QED) is 0.844. The van der Waals surface area contributed by atoms with Crippen LogP contribution in [0.2, 0.25) is 5.02 Å². The first-order valence-electron chi connectivity index (χ1n) is 8.59. The van der Waals surface area contributed by atoms with Gasteiger partial charge in [-0.1, -0.05) is 17.7 Å². The van der Waals surface area contributed by atoms with Gasteiger partial charge in [0.2, 0.25) is 5.91 Å². The van der Waals surface area contributed by atoms with E-state index in [1.807, 2.05) is 6.07 Å². The van der Waals surface area contributed by atoms with Crippen LogP contribution in [0.1, 0.15) is 37.7 Å². The van der Waals surface area contributed by atoms with Gasteiger partial charge in [-0.2, -0.15) is 0 Å². The van der Waals surface area contributed by atoms with E-state index in [9.17, 15) is 9.18 Å². The molecule has 1 saturated carbocycles. The van der Waals surface area contributed by atoms with Crippen molar-refractivity contribution in [3.8, 4) is 0 Å². The molecule has 1 aromatic rings. The first kappa shape index (κ1) is 15.4. The minimum absolute atomic E-state index is 0.195. The third-order valence-electron chi connectivity index (χ3n) is 5.48. The lowest BCUT2D eigenvalue weighted by Gasteiger charge is -2.47. The van der Waals surface area contributed by atoms with Gasteiger partial charge in [0, 0.05) is 38.1 Å². The van der Waals surface area contributed by atoms with Gasteiger partial charge in [0.1, 0.15) is 5.82 Å². The molecule has 23 heavy (non-hydrogen) atoms. The van der Waals surface area contributed by atoms with Crippen LogP contribution in [0, 0.1) is 11.7 Å².